The van der Waals surface area contributed by atoms with Crippen molar-refractivity contribution in [1.29, 1.82) is 0 Å². The van der Waals surface area contributed by atoms with Crippen molar-refractivity contribution in [2.24, 2.45) is 0 Å². The molecule has 1 aromatic heterocycles. The Balaban J connectivity index is 0.000000213. The number of aromatic nitrogens is 3. The Hall–Kier alpha value is -2.31. The van der Waals surface area contributed by atoms with Crippen LogP contribution in [0.5, 0.6) is 0 Å². The summed E-state index contributed by atoms with van der Waals surface area (Å²) in [5.74, 6) is 0. The predicted molar refractivity (Wildman–Crippen MR) is 49.0 cm³/mol. The van der Waals surface area contributed by atoms with Crippen LogP contribution in [-0.2, 0) is 0 Å². The summed E-state index contributed by atoms with van der Waals surface area (Å²) < 4.78 is 0. The fraction of sp³-hybridized carbons (Fsp3) is 0. The number of nitrogens with one attached hydrogen (secondary N) is 1. The third kappa shape index (κ3) is 2.34. The van der Waals surface area contributed by atoms with E-state index in [0.29, 0.717) is 5.69 Å². The molecule has 2 rings (SSSR count). The number of hydrogen-bond acceptors (Lipinski definition) is 4. The Morgan fingerprint density at radius 2 is 2.07 bits per heavy atom. The molecule has 1 heterocycles. The third-order valence-electron chi connectivity index (χ3n) is 1.39. The number of H-pyrrole nitrogens is 1. The summed E-state index contributed by atoms with van der Waals surface area (Å²) in [5.41, 5.74) is 7.85. The summed E-state index contributed by atoms with van der Waals surface area (Å²) in [6.07, 6.45) is -1.83. The lowest BCUT2D eigenvalue weighted by molar-refractivity contribution is 0.137. The quantitative estimate of drug-likeness (QED) is 0.461. The van der Waals surface area contributed by atoms with Crippen molar-refractivity contribution in [2.75, 3.05) is 5.73 Å². The van der Waals surface area contributed by atoms with Crippen molar-refractivity contribution in [3.63, 3.8) is 0 Å². The third-order valence-corrected chi connectivity index (χ3v) is 1.39. The lowest BCUT2D eigenvalue weighted by Gasteiger charge is -1.89. The molecule has 7 heteroatoms. The molecule has 0 fully saturated rings. The largest absolute Gasteiger partial charge is 0.503 e. The minimum atomic E-state index is -1.83. The number of hydrogen-bond donors (Lipinski definition) is 4. The van der Waals surface area contributed by atoms with E-state index in [0.717, 1.165) is 11.0 Å². The second-order valence-corrected chi connectivity index (χ2v) is 2.34. The van der Waals surface area contributed by atoms with Gasteiger partial charge in [-0.2, -0.15) is 0 Å². The highest BCUT2D eigenvalue weighted by atomic mass is 16.6. The summed E-state index contributed by atoms with van der Waals surface area (Å²) in [7, 11) is 0. The van der Waals surface area contributed by atoms with E-state index in [1.807, 2.05) is 12.1 Å². The van der Waals surface area contributed by atoms with Gasteiger partial charge in [-0.3, -0.25) is 5.10 Å². The Labute approximate surface area is 78.2 Å². The van der Waals surface area contributed by atoms with E-state index in [2.05, 4.69) is 15.4 Å². The molecule has 2 aromatic rings. The maximum absolute atomic E-state index is 8.56. The number of carbonyl (C=O) groups is 1. The Morgan fingerprint density at radius 1 is 1.43 bits per heavy atom. The highest BCUT2D eigenvalue weighted by molar-refractivity contribution is 5.85. The normalized spacial score (nSPS) is 9.14. The van der Waals surface area contributed by atoms with Crippen LogP contribution < -0.4 is 5.73 Å². The molecule has 74 valence electrons. The van der Waals surface area contributed by atoms with Crippen LogP contribution in [0.25, 0.3) is 11.0 Å². The van der Waals surface area contributed by atoms with Gasteiger partial charge >= 0.3 is 6.16 Å². The molecular weight excluding hydrogens is 188 g/mol. The van der Waals surface area contributed by atoms with Gasteiger partial charge in [0.15, 0.2) is 0 Å². The maximum atomic E-state index is 8.56. The molecule has 0 aliphatic heterocycles. The topological polar surface area (TPSA) is 125 Å². The van der Waals surface area contributed by atoms with Gasteiger partial charge in [0.1, 0.15) is 5.52 Å². The second-order valence-electron chi connectivity index (χ2n) is 2.34. The van der Waals surface area contributed by atoms with Crippen LogP contribution in [-0.4, -0.2) is 31.8 Å². The fourth-order valence-electron chi connectivity index (χ4n) is 0.892. The van der Waals surface area contributed by atoms with Gasteiger partial charge in [0.2, 0.25) is 0 Å². The zero-order chi connectivity index (χ0) is 10.6. The van der Waals surface area contributed by atoms with Crippen LogP contribution in [0.4, 0.5) is 10.5 Å². The van der Waals surface area contributed by atoms with E-state index >= 15 is 0 Å². The highest BCUT2D eigenvalue weighted by Crippen LogP contribution is 2.13. The second kappa shape index (κ2) is 4.08. The zero-order valence-corrected chi connectivity index (χ0v) is 7.01. The van der Waals surface area contributed by atoms with Crippen molar-refractivity contribution in [2.45, 2.75) is 0 Å². The van der Waals surface area contributed by atoms with Gasteiger partial charge in [0, 0.05) is 0 Å². The van der Waals surface area contributed by atoms with E-state index in [1.165, 1.54) is 0 Å². The molecule has 0 aliphatic rings. The molecule has 0 bridgehead atoms. The first-order valence-electron chi connectivity index (χ1n) is 3.58. The van der Waals surface area contributed by atoms with E-state index < -0.39 is 6.16 Å². The van der Waals surface area contributed by atoms with Gasteiger partial charge in [-0.15, -0.1) is 5.10 Å². The number of rotatable bonds is 0. The smallest absolute Gasteiger partial charge is 0.450 e. The van der Waals surface area contributed by atoms with Crippen LogP contribution in [0, 0.1) is 0 Å². The minimum Gasteiger partial charge on any atom is -0.450 e. The minimum absolute atomic E-state index is 0.659. The van der Waals surface area contributed by atoms with Gasteiger partial charge in [0.05, 0.1) is 11.2 Å². The van der Waals surface area contributed by atoms with Crippen molar-refractivity contribution < 1.29 is 15.0 Å². The number of carboxylic acid groups (broad SMARTS) is 2. The molecule has 0 amide bonds. The number of fused-ring (bicyclic) bond motifs is 1. The Kier molecular flexibility index (Phi) is 2.85. The van der Waals surface area contributed by atoms with E-state index in [-0.39, 0.29) is 0 Å². The summed E-state index contributed by atoms with van der Waals surface area (Å²) in [4.78, 5) is 8.56. The first-order valence-corrected chi connectivity index (χ1v) is 3.58. The van der Waals surface area contributed by atoms with Gasteiger partial charge < -0.3 is 15.9 Å². The molecule has 0 radical (unpaired) electrons. The van der Waals surface area contributed by atoms with Gasteiger partial charge in [0.25, 0.3) is 0 Å². The first-order chi connectivity index (χ1) is 6.61. The van der Waals surface area contributed by atoms with Crippen LogP contribution >= 0.6 is 0 Å². The summed E-state index contributed by atoms with van der Waals surface area (Å²) in [5, 5.41) is 24.1. The number of anilines is 1. The van der Waals surface area contributed by atoms with E-state index in [1.54, 1.807) is 6.07 Å². The summed E-state index contributed by atoms with van der Waals surface area (Å²) in [6, 6.07) is 5.54. The molecule has 0 spiro atoms. The lowest BCUT2D eigenvalue weighted by Crippen LogP contribution is -1.84. The zero-order valence-electron chi connectivity index (χ0n) is 7.01. The highest BCUT2D eigenvalue weighted by Gasteiger charge is 1.97. The Bertz CT molecular complexity index is 435. The van der Waals surface area contributed by atoms with E-state index in [9.17, 15) is 0 Å². The van der Waals surface area contributed by atoms with Gasteiger partial charge in [-0.1, -0.05) is 11.3 Å². The van der Waals surface area contributed by atoms with Gasteiger partial charge in [-0.25, -0.2) is 4.79 Å². The van der Waals surface area contributed by atoms with Crippen LogP contribution in [0.1, 0.15) is 0 Å². The van der Waals surface area contributed by atoms with Crippen molar-refractivity contribution >= 4 is 22.9 Å². The van der Waals surface area contributed by atoms with Crippen molar-refractivity contribution in [3.8, 4) is 0 Å². The number of nitrogens with zero attached hydrogens (tertiary/aromatic N) is 2. The number of benzene rings is 1. The van der Waals surface area contributed by atoms with Crippen molar-refractivity contribution in [1.82, 2.24) is 15.4 Å². The molecule has 0 saturated heterocycles. The average molecular weight is 196 g/mol. The molecule has 14 heavy (non-hydrogen) atoms. The number of nitrogen functional groups attached to an aromatic ring is 1. The molecule has 0 aliphatic carbocycles. The van der Waals surface area contributed by atoms with Crippen LogP contribution in [0.15, 0.2) is 18.2 Å². The predicted octanol–water partition coefficient (Wildman–Crippen LogP) is 0.762. The lowest BCUT2D eigenvalue weighted by atomic mass is 10.3. The standard InChI is InChI=1S/C6H6N4.CH2O3/c7-4-2-1-3-5-6(4)9-10-8-5;2-1(3)4/h1-3H,7H2,(H,8,9,10);(H2,2,3,4). The maximum Gasteiger partial charge on any atom is 0.503 e. The summed E-state index contributed by atoms with van der Waals surface area (Å²) >= 11 is 0. The van der Waals surface area contributed by atoms with Gasteiger partial charge in [-0.05, 0) is 12.1 Å². The van der Waals surface area contributed by atoms with Crippen LogP contribution in [0.2, 0.25) is 0 Å². The average Bonchev–Trinajstić information content (AvgIpc) is 2.52. The SMILES string of the molecule is Nc1cccc2[nH]nnc12.O=C(O)O. The number of aromatic amines is 1. The monoisotopic (exact) mass is 196 g/mol. The molecule has 0 saturated carbocycles. The molecule has 7 nitrogen and oxygen atoms in total. The fourth-order valence-corrected chi connectivity index (χ4v) is 0.892. The first kappa shape index (κ1) is 9.78. The molecule has 1 aromatic carbocycles. The Morgan fingerprint density at radius 3 is 2.64 bits per heavy atom. The molecule has 0 atom stereocenters. The molecule has 5 N–H and O–H groups in total. The molecule has 0 unspecified atom stereocenters. The van der Waals surface area contributed by atoms with Crippen molar-refractivity contribution in [3.05, 3.63) is 18.2 Å². The van der Waals surface area contributed by atoms with Crippen LogP contribution in [0.3, 0.4) is 0 Å². The number of nitrogens with two attached hydrogens (primary N) is 1. The van der Waals surface area contributed by atoms with E-state index in [4.69, 9.17) is 20.7 Å². The summed E-state index contributed by atoms with van der Waals surface area (Å²) in [6.45, 7) is 0. The molecular formula is C7H8N4O3.